The van der Waals surface area contributed by atoms with Crippen molar-refractivity contribution in [2.75, 3.05) is 11.4 Å². The fourth-order valence-electron chi connectivity index (χ4n) is 5.30. The van der Waals surface area contributed by atoms with E-state index >= 15 is 0 Å². The van der Waals surface area contributed by atoms with Gasteiger partial charge in [-0.05, 0) is 49.4 Å². The highest BCUT2D eigenvalue weighted by Crippen LogP contribution is 2.37. The number of benzene rings is 4. The fourth-order valence-corrected chi connectivity index (χ4v) is 5.30. The highest BCUT2D eigenvalue weighted by Gasteiger charge is 2.36. The van der Waals surface area contributed by atoms with E-state index in [2.05, 4.69) is 5.32 Å². The van der Waals surface area contributed by atoms with Crippen molar-refractivity contribution in [2.24, 2.45) is 0 Å². The molecule has 0 saturated carbocycles. The highest BCUT2D eigenvalue weighted by atomic mass is 16.2. The van der Waals surface area contributed by atoms with Gasteiger partial charge >= 0.3 is 0 Å². The third-order valence-corrected chi connectivity index (χ3v) is 7.08. The van der Waals surface area contributed by atoms with Crippen LogP contribution in [0.15, 0.2) is 91.0 Å². The molecule has 0 aromatic heterocycles. The molecule has 5 rings (SSSR count). The van der Waals surface area contributed by atoms with Crippen LogP contribution in [0.25, 0.3) is 10.8 Å². The summed E-state index contributed by atoms with van der Waals surface area (Å²) in [6.45, 7) is 5.92. The summed E-state index contributed by atoms with van der Waals surface area (Å²) in [5, 5.41) is 4.84. The SMILES string of the molecule is Cc1cccc(CN(C(=O)CN2C(=O)c3cccc4cccc2c34)[C@@H](Cc2ccccc2)C(=O)NC(C)C)c1. The zero-order chi connectivity index (χ0) is 27.5. The number of hydrogen-bond donors (Lipinski definition) is 1. The number of anilines is 1. The lowest BCUT2D eigenvalue weighted by molar-refractivity contribution is -0.140. The quantitative estimate of drug-likeness (QED) is 0.327. The zero-order valence-corrected chi connectivity index (χ0v) is 22.6. The van der Waals surface area contributed by atoms with Gasteiger partial charge in [-0.25, -0.2) is 0 Å². The predicted molar refractivity (Wildman–Crippen MR) is 155 cm³/mol. The number of amides is 3. The normalized spacial score (nSPS) is 13.1. The highest BCUT2D eigenvalue weighted by molar-refractivity contribution is 6.26. The maximum Gasteiger partial charge on any atom is 0.259 e. The number of hydrogen-bond acceptors (Lipinski definition) is 3. The number of aryl methyl sites for hydroxylation is 1. The van der Waals surface area contributed by atoms with Crippen LogP contribution < -0.4 is 10.2 Å². The van der Waals surface area contributed by atoms with Gasteiger partial charge in [0.1, 0.15) is 12.6 Å². The molecule has 3 amide bonds. The monoisotopic (exact) mass is 519 g/mol. The predicted octanol–water partition coefficient (Wildman–Crippen LogP) is 5.27. The van der Waals surface area contributed by atoms with Crippen LogP contribution in [-0.2, 0) is 22.6 Å². The largest absolute Gasteiger partial charge is 0.352 e. The second-order valence-corrected chi connectivity index (χ2v) is 10.5. The minimum absolute atomic E-state index is 0.0843. The molecule has 1 aliphatic rings. The van der Waals surface area contributed by atoms with Gasteiger partial charge in [-0.15, -0.1) is 0 Å². The van der Waals surface area contributed by atoms with Crippen LogP contribution in [0.5, 0.6) is 0 Å². The topological polar surface area (TPSA) is 69.7 Å². The van der Waals surface area contributed by atoms with Crippen molar-refractivity contribution < 1.29 is 14.4 Å². The van der Waals surface area contributed by atoms with Crippen LogP contribution in [0.2, 0.25) is 0 Å². The number of rotatable bonds is 9. The molecule has 0 unspecified atom stereocenters. The summed E-state index contributed by atoms with van der Waals surface area (Å²) in [5.41, 5.74) is 4.28. The Morgan fingerprint density at radius 2 is 1.56 bits per heavy atom. The molecule has 6 nitrogen and oxygen atoms in total. The second-order valence-electron chi connectivity index (χ2n) is 10.5. The van der Waals surface area contributed by atoms with Crippen molar-refractivity contribution in [1.82, 2.24) is 10.2 Å². The molecule has 198 valence electrons. The van der Waals surface area contributed by atoms with Crippen molar-refractivity contribution in [3.63, 3.8) is 0 Å². The molecular weight excluding hydrogens is 486 g/mol. The van der Waals surface area contributed by atoms with E-state index in [-0.39, 0.29) is 36.9 Å². The van der Waals surface area contributed by atoms with Crippen LogP contribution in [0.1, 0.15) is 40.9 Å². The lowest BCUT2D eigenvalue weighted by atomic mass is 10.0. The van der Waals surface area contributed by atoms with Gasteiger partial charge in [0.25, 0.3) is 5.91 Å². The van der Waals surface area contributed by atoms with Gasteiger partial charge in [0.2, 0.25) is 11.8 Å². The lowest BCUT2D eigenvalue weighted by Gasteiger charge is -2.33. The average molecular weight is 520 g/mol. The number of carbonyl (C=O) groups is 3. The van der Waals surface area contributed by atoms with Crippen LogP contribution in [0.3, 0.4) is 0 Å². The van der Waals surface area contributed by atoms with E-state index in [1.807, 2.05) is 106 Å². The van der Waals surface area contributed by atoms with Gasteiger partial charge in [0, 0.05) is 30.0 Å². The van der Waals surface area contributed by atoms with E-state index in [9.17, 15) is 14.4 Å². The molecule has 4 aromatic carbocycles. The minimum atomic E-state index is -0.751. The molecule has 4 aromatic rings. The summed E-state index contributed by atoms with van der Waals surface area (Å²) in [7, 11) is 0. The third kappa shape index (κ3) is 5.55. The second kappa shape index (κ2) is 11.1. The van der Waals surface area contributed by atoms with E-state index in [1.54, 1.807) is 15.9 Å². The molecule has 1 aliphatic heterocycles. The summed E-state index contributed by atoms with van der Waals surface area (Å²) in [5.74, 6) is -0.695. The number of carbonyl (C=O) groups excluding carboxylic acids is 3. The van der Waals surface area contributed by atoms with Gasteiger partial charge in [-0.1, -0.05) is 84.4 Å². The van der Waals surface area contributed by atoms with Crippen LogP contribution in [0.4, 0.5) is 5.69 Å². The molecule has 0 saturated heterocycles. The van der Waals surface area contributed by atoms with Gasteiger partial charge in [-0.3, -0.25) is 19.3 Å². The van der Waals surface area contributed by atoms with E-state index in [0.717, 1.165) is 33.2 Å². The third-order valence-electron chi connectivity index (χ3n) is 7.08. The zero-order valence-electron chi connectivity index (χ0n) is 22.6. The summed E-state index contributed by atoms with van der Waals surface area (Å²) >= 11 is 0. The van der Waals surface area contributed by atoms with Crippen molar-refractivity contribution in [3.05, 3.63) is 113 Å². The van der Waals surface area contributed by atoms with E-state index in [4.69, 9.17) is 0 Å². The molecule has 1 N–H and O–H groups in total. The molecule has 39 heavy (non-hydrogen) atoms. The van der Waals surface area contributed by atoms with Gasteiger partial charge in [-0.2, -0.15) is 0 Å². The Labute approximate surface area is 229 Å². The first kappa shape index (κ1) is 26.2. The molecule has 0 radical (unpaired) electrons. The van der Waals surface area contributed by atoms with Crippen molar-refractivity contribution in [2.45, 2.75) is 45.8 Å². The average Bonchev–Trinajstić information content (AvgIpc) is 3.19. The first-order chi connectivity index (χ1) is 18.8. The maximum absolute atomic E-state index is 14.2. The van der Waals surface area contributed by atoms with E-state index in [0.29, 0.717) is 12.0 Å². The first-order valence-corrected chi connectivity index (χ1v) is 13.3. The molecule has 0 aliphatic carbocycles. The van der Waals surface area contributed by atoms with E-state index < -0.39 is 6.04 Å². The Morgan fingerprint density at radius 3 is 2.28 bits per heavy atom. The Morgan fingerprint density at radius 1 is 0.872 bits per heavy atom. The maximum atomic E-state index is 14.2. The van der Waals surface area contributed by atoms with Gasteiger partial charge in [0.15, 0.2) is 0 Å². The molecular formula is C33H33N3O3. The van der Waals surface area contributed by atoms with E-state index in [1.165, 1.54) is 0 Å². The van der Waals surface area contributed by atoms with Gasteiger partial charge < -0.3 is 10.2 Å². The minimum Gasteiger partial charge on any atom is -0.352 e. The van der Waals surface area contributed by atoms with Crippen molar-refractivity contribution in [1.29, 1.82) is 0 Å². The Bertz CT molecular complexity index is 1520. The number of nitrogens with zero attached hydrogens (tertiary/aromatic N) is 2. The fraction of sp³-hybridized carbons (Fsp3) is 0.242. The summed E-state index contributed by atoms with van der Waals surface area (Å²) in [6.07, 6.45) is 0.362. The smallest absolute Gasteiger partial charge is 0.259 e. The lowest BCUT2D eigenvalue weighted by Crippen LogP contribution is -2.54. The van der Waals surface area contributed by atoms with Crippen LogP contribution in [-0.4, -0.2) is 41.2 Å². The molecule has 0 fully saturated rings. The molecule has 1 atom stereocenters. The van der Waals surface area contributed by atoms with Crippen molar-refractivity contribution >= 4 is 34.2 Å². The molecule has 0 spiro atoms. The summed E-state index contributed by atoms with van der Waals surface area (Å²) < 4.78 is 0. The molecule has 1 heterocycles. The Balaban J connectivity index is 1.52. The summed E-state index contributed by atoms with van der Waals surface area (Å²) in [4.78, 5) is 44.4. The number of nitrogens with one attached hydrogen (secondary N) is 1. The standard InChI is InChI=1S/C33H33N3O3/c1-22(2)34-32(38)29(19-24-11-5-4-6-12-24)35(20-25-13-7-10-23(3)18-25)30(37)21-36-28-17-9-15-26-14-8-16-27(31(26)28)33(36)39/h4-18,22,29H,19-21H2,1-3H3,(H,34,38)/t29-/m0/s1. The van der Waals surface area contributed by atoms with Crippen LogP contribution in [0, 0.1) is 6.92 Å². The first-order valence-electron chi connectivity index (χ1n) is 13.3. The van der Waals surface area contributed by atoms with Crippen LogP contribution >= 0.6 is 0 Å². The molecule has 0 bridgehead atoms. The van der Waals surface area contributed by atoms with Crippen molar-refractivity contribution in [3.8, 4) is 0 Å². The summed E-state index contributed by atoms with van der Waals surface area (Å²) in [6, 6.07) is 28.2. The Hall–Kier alpha value is -4.45. The Kier molecular flexibility index (Phi) is 7.46. The van der Waals surface area contributed by atoms with Gasteiger partial charge in [0.05, 0.1) is 5.69 Å². The molecule has 6 heteroatoms.